The number of carbonyl (C=O) groups excluding carboxylic acids is 2. The van der Waals surface area contributed by atoms with E-state index in [1.54, 1.807) is 12.1 Å². The monoisotopic (exact) mass is 439 g/mol. The lowest BCUT2D eigenvalue weighted by Crippen LogP contribution is -2.51. The molecule has 31 heavy (non-hydrogen) atoms. The minimum atomic E-state index is -0.398. The SMILES string of the molecule is CC12CCC3C(CCC4=C(Sc5ccc([N+](=O)[O-])cc5)C(=O)CCC43C)C1CCC2=O. The molecule has 0 heterocycles. The number of hydrogen-bond acceptors (Lipinski definition) is 5. The van der Waals surface area contributed by atoms with Gasteiger partial charge in [0.15, 0.2) is 5.78 Å². The number of nitro groups is 1. The smallest absolute Gasteiger partial charge is 0.269 e. The van der Waals surface area contributed by atoms with Gasteiger partial charge in [0.05, 0.1) is 9.83 Å². The van der Waals surface area contributed by atoms with Gasteiger partial charge >= 0.3 is 0 Å². The van der Waals surface area contributed by atoms with Crippen LogP contribution < -0.4 is 0 Å². The molecule has 3 fully saturated rings. The first-order valence-corrected chi connectivity index (χ1v) is 12.3. The van der Waals surface area contributed by atoms with Crippen LogP contribution >= 0.6 is 11.8 Å². The quantitative estimate of drug-likeness (QED) is 0.419. The summed E-state index contributed by atoms with van der Waals surface area (Å²) in [4.78, 5) is 37.9. The molecule has 4 aliphatic rings. The number of rotatable bonds is 3. The highest BCUT2D eigenvalue weighted by molar-refractivity contribution is 8.04. The third-order valence-corrected chi connectivity index (χ3v) is 10.2. The van der Waals surface area contributed by atoms with Gasteiger partial charge in [-0.1, -0.05) is 25.6 Å². The zero-order chi connectivity index (χ0) is 22.0. The first-order chi connectivity index (χ1) is 14.7. The van der Waals surface area contributed by atoms with Crippen molar-refractivity contribution in [3.05, 3.63) is 44.9 Å². The van der Waals surface area contributed by atoms with Crippen molar-refractivity contribution in [2.24, 2.45) is 28.6 Å². The molecule has 0 saturated heterocycles. The maximum absolute atomic E-state index is 13.0. The van der Waals surface area contributed by atoms with E-state index in [2.05, 4.69) is 13.8 Å². The average Bonchev–Trinajstić information content (AvgIpc) is 3.05. The number of thioether (sulfide) groups is 1. The normalized spacial score (nSPS) is 37.3. The fraction of sp³-hybridized carbons (Fsp3) is 0.600. The maximum atomic E-state index is 13.0. The average molecular weight is 440 g/mol. The van der Waals surface area contributed by atoms with Crippen LogP contribution in [0.4, 0.5) is 5.69 Å². The van der Waals surface area contributed by atoms with Crippen LogP contribution in [0.5, 0.6) is 0 Å². The fourth-order valence-corrected chi connectivity index (χ4v) is 8.49. The Morgan fingerprint density at radius 3 is 2.35 bits per heavy atom. The van der Waals surface area contributed by atoms with E-state index in [1.807, 2.05) is 0 Å². The summed E-state index contributed by atoms with van der Waals surface area (Å²) in [6, 6.07) is 6.51. The van der Waals surface area contributed by atoms with Crippen LogP contribution in [0.15, 0.2) is 39.6 Å². The van der Waals surface area contributed by atoms with Gasteiger partial charge in [-0.15, -0.1) is 0 Å². The van der Waals surface area contributed by atoms with Gasteiger partial charge in [-0.3, -0.25) is 19.7 Å². The first kappa shape index (κ1) is 20.9. The van der Waals surface area contributed by atoms with E-state index in [1.165, 1.54) is 29.5 Å². The van der Waals surface area contributed by atoms with Gasteiger partial charge in [-0.25, -0.2) is 0 Å². The van der Waals surface area contributed by atoms with Crippen LogP contribution in [-0.2, 0) is 9.59 Å². The van der Waals surface area contributed by atoms with E-state index >= 15 is 0 Å². The van der Waals surface area contributed by atoms with Crippen LogP contribution in [0.3, 0.4) is 0 Å². The molecule has 5 atom stereocenters. The summed E-state index contributed by atoms with van der Waals surface area (Å²) in [6.45, 7) is 4.57. The highest BCUT2D eigenvalue weighted by Gasteiger charge is 2.59. The maximum Gasteiger partial charge on any atom is 0.269 e. The lowest BCUT2D eigenvalue weighted by Gasteiger charge is -2.57. The zero-order valence-corrected chi connectivity index (χ0v) is 19.0. The Morgan fingerprint density at radius 2 is 1.65 bits per heavy atom. The largest absolute Gasteiger partial charge is 0.299 e. The molecule has 0 bridgehead atoms. The number of allylic oxidation sites excluding steroid dienone is 1. The summed E-state index contributed by atoms with van der Waals surface area (Å²) >= 11 is 1.49. The summed E-state index contributed by atoms with van der Waals surface area (Å²) in [5.74, 6) is 2.31. The fourth-order valence-electron chi connectivity index (χ4n) is 7.31. The molecule has 5 nitrogen and oxygen atoms in total. The molecule has 0 amide bonds. The van der Waals surface area contributed by atoms with Crippen molar-refractivity contribution in [3.63, 3.8) is 0 Å². The van der Waals surface area contributed by atoms with E-state index in [4.69, 9.17) is 0 Å². The van der Waals surface area contributed by atoms with Gasteiger partial charge < -0.3 is 0 Å². The Morgan fingerprint density at radius 1 is 0.935 bits per heavy atom. The van der Waals surface area contributed by atoms with Crippen molar-refractivity contribution in [1.82, 2.24) is 0 Å². The summed E-state index contributed by atoms with van der Waals surface area (Å²) in [6.07, 6.45) is 7.31. The number of carbonyl (C=O) groups is 2. The molecule has 5 rings (SSSR count). The number of benzene rings is 1. The van der Waals surface area contributed by atoms with Gasteiger partial charge in [0, 0.05) is 35.3 Å². The number of fused-ring (bicyclic) bond motifs is 5. The molecule has 0 aromatic heterocycles. The third kappa shape index (κ3) is 3.12. The van der Waals surface area contributed by atoms with Crippen LogP contribution in [-0.4, -0.2) is 16.5 Å². The second-order valence-corrected chi connectivity index (χ2v) is 11.4. The minimum Gasteiger partial charge on any atom is -0.299 e. The van der Waals surface area contributed by atoms with Crippen molar-refractivity contribution >= 4 is 29.0 Å². The number of Topliss-reactive ketones (excluding diaryl/α,β-unsaturated/α-hetero) is 2. The van der Waals surface area contributed by atoms with E-state index < -0.39 is 4.92 Å². The second kappa shape index (κ2) is 7.29. The molecule has 6 heteroatoms. The molecule has 4 aliphatic carbocycles. The van der Waals surface area contributed by atoms with Crippen molar-refractivity contribution in [2.75, 3.05) is 0 Å². The first-order valence-electron chi connectivity index (χ1n) is 11.5. The van der Waals surface area contributed by atoms with Crippen molar-refractivity contribution in [2.45, 2.75) is 70.1 Å². The standard InChI is InChI=1S/C25H29NO4S/c1-24-14-12-21(27)23(31-16-5-3-15(4-6-16)26(29)30)20(24)8-7-17-18-9-10-22(28)25(18,2)13-11-19(17)24/h3-6,17-19H,7-14H2,1-2H3. The van der Waals surface area contributed by atoms with Crippen molar-refractivity contribution < 1.29 is 14.5 Å². The number of nitrogens with zero attached hydrogens (tertiary/aromatic N) is 1. The molecule has 1 aromatic carbocycles. The number of hydrogen-bond donors (Lipinski definition) is 0. The van der Waals surface area contributed by atoms with Gasteiger partial charge in [0.2, 0.25) is 0 Å². The summed E-state index contributed by atoms with van der Waals surface area (Å²) in [7, 11) is 0. The summed E-state index contributed by atoms with van der Waals surface area (Å²) < 4.78 is 0. The summed E-state index contributed by atoms with van der Waals surface area (Å²) in [5.41, 5.74) is 1.27. The lowest BCUT2D eigenvalue weighted by atomic mass is 9.47. The molecule has 1 aromatic rings. The van der Waals surface area contributed by atoms with E-state index in [-0.39, 0.29) is 22.3 Å². The zero-order valence-electron chi connectivity index (χ0n) is 18.2. The van der Waals surface area contributed by atoms with Gasteiger partial charge in [0.25, 0.3) is 5.69 Å². The van der Waals surface area contributed by atoms with E-state index in [0.717, 1.165) is 54.7 Å². The van der Waals surface area contributed by atoms with Crippen LogP contribution in [0.1, 0.15) is 65.2 Å². The number of nitro benzene ring substituents is 1. The predicted molar refractivity (Wildman–Crippen MR) is 120 cm³/mol. The van der Waals surface area contributed by atoms with Crippen LogP contribution in [0, 0.1) is 38.7 Å². The van der Waals surface area contributed by atoms with E-state index in [0.29, 0.717) is 30.0 Å². The topological polar surface area (TPSA) is 77.3 Å². The molecule has 0 N–H and O–H groups in total. The molecular weight excluding hydrogens is 410 g/mol. The Balaban J connectivity index is 1.47. The van der Waals surface area contributed by atoms with Gasteiger partial charge in [-0.05, 0) is 79.4 Å². The summed E-state index contributed by atoms with van der Waals surface area (Å²) in [5, 5.41) is 11.0. The Bertz CT molecular complexity index is 999. The molecule has 164 valence electrons. The molecule has 0 radical (unpaired) electrons. The number of non-ortho nitro benzene ring substituents is 1. The van der Waals surface area contributed by atoms with Crippen molar-refractivity contribution in [3.8, 4) is 0 Å². The third-order valence-electron chi connectivity index (χ3n) is 9.05. The van der Waals surface area contributed by atoms with Gasteiger partial charge in [0.1, 0.15) is 5.78 Å². The van der Waals surface area contributed by atoms with Crippen LogP contribution in [0.25, 0.3) is 0 Å². The second-order valence-electron chi connectivity index (χ2n) is 10.3. The Labute approximate surface area is 187 Å². The molecule has 3 saturated carbocycles. The van der Waals surface area contributed by atoms with Crippen LogP contribution in [0.2, 0.25) is 0 Å². The van der Waals surface area contributed by atoms with E-state index in [9.17, 15) is 19.7 Å². The highest BCUT2D eigenvalue weighted by Crippen LogP contribution is 2.65. The lowest BCUT2D eigenvalue weighted by molar-refractivity contribution is -0.384. The Hall–Kier alpha value is -1.95. The predicted octanol–water partition coefficient (Wildman–Crippen LogP) is 6.12. The molecule has 0 aliphatic heterocycles. The molecule has 0 spiro atoms. The Kier molecular flexibility index (Phi) is 4.92. The van der Waals surface area contributed by atoms with Gasteiger partial charge in [-0.2, -0.15) is 0 Å². The minimum absolute atomic E-state index is 0.0207. The van der Waals surface area contributed by atoms with Crippen molar-refractivity contribution in [1.29, 1.82) is 0 Å². The highest BCUT2D eigenvalue weighted by atomic mass is 32.2. The number of ketones is 2. The molecular formula is C25H29NO4S. The molecule has 5 unspecified atom stereocenters.